The molecule has 4 N–H and O–H groups in total. The number of nitrogens with zero attached hydrogens (tertiary/aromatic N) is 5. The van der Waals surface area contributed by atoms with Gasteiger partial charge in [0.2, 0.25) is 17.9 Å². The molecular weight excluding hydrogens is 646 g/mol. The highest BCUT2D eigenvalue weighted by atomic mass is 19.4. The summed E-state index contributed by atoms with van der Waals surface area (Å²) in [6.07, 6.45) is -4.22. The van der Waals surface area contributed by atoms with E-state index >= 15 is 0 Å². The van der Waals surface area contributed by atoms with Gasteiger partial charge < -0.3 is 30.5 Å². The van der Waals surface area contributed by atoms with Gasteiger partial charge in [0.05, 0.1) is 17.5 Å². The molecule has 0 bridgehead atoms. The predicted octanol–water partition coefficient (Wildman–Crippen LogP) is 5.86. The lowest BCUT2D eigenvalue weighted by molar-refractivity contribution is -0.198. The number of carbonyl (C=O) groups is 1. The minimum atomic E-state index is -4.90. The number of rotatable bonds is 9. The predicted molar refractivity (Wildman–Crippen MR) is 173 cm³/mol. The van der Waals surface area contributed by atoms with E-state index in [2.05, 4.69) is 20.4 Å². The van der Waals surface area contributed by atoms with Crippen LogP contribution in [0.5, 0.6) is 11.6 Å². The zero-order chi connectivity index (χ0) is 35.1. The normalized spacial score (nSPS) is 18.2. The van der Waals surface area contributed by atoms with Crippen LogP contribution in [0.3, 0.4) is 0 Å². The second-order valence-electron chi connectivity index (χ2n) is 12.9. The second kappa shape index (κ2) is 13.2. The first-order chi connectivity index (χ1) is 23.2. The number of nitrogens with two attached hydrogens (primary N) is 1. The van der Waals surface area contributed by atoms with Crippen LogP contribution in [0.1, 0.15) is 50.5 Å². The van der Waals surface area contributed by atoms with Crippen LogP contribution in [-0.2, 0) is 4.79 Å². The molecule has 2 aliphatic rings. The van der Waals surface area contributed by atoms with Crippen LogP contribution in [-0.4, -0.2) is 68.8 Å². The summed E-state index contributed by atoms with van der Waals surface area (Å²) in [6, 6.07) is 10.8. The number of alkyl halides is 3. The van der Waals surface area contributed by atoms with Gasteiger partial charge in [0.15, 0.2) is 0 Å². The van der Waals surface area contributed by atoms with E-state index in [4.69, 9.17) is 15.2 Å². The number of piperidine rings is 1. The first-order valence-corrected chi connectivity index (χ1v) is 15.9. The highest BCUT2D eigenvalue weighted by Gasteiger charge is 2.46. The number of nitrogens with one attached hydrogen (secondary N) is 1. The number of ether oxygens (including phenoxy) is 2. The number of aliphatic carboxylic acids is 1. The third-order valence-electron chi connectivity index (χ3n) is 8.91. The summed E-state index contributed by atoms with van der Waals surface area (Å²) in [7, 11) is 0. The van der Waals surface area contributed by atoms with E-state index in [0.29, 0.717) is 61.5 Å². The molecule has 0 amide bonds. The van der Waals surface area contributed by atoms with Crippen LogP contribution in [0.4, 0.5) is 29.3 Å². The van der Waals surface area contributed by atoms with Crippen LogP contribution in [0.2, 0.25) is 0 Å². The molecule has 11 nitrogen and oxygen atoms in total. The van der Waals surface area contributed by atoms with Crippen LogP contribution >= 0.6 is 0 Å². The zero-order valence-electron chi connectivity index (χ0n) is 27.2. The van der Waals surface area contributed by atoms with Crippen molar-refractivity contribution in [1.82, 2.24) is 25.1 Å². The number of carboxylic acids is 1. The molecule has 4 heterocycles. The number of aromatic nitrogens is 4. The highest BCUT2D eigenvalue weighted by Crippen LogP contribution is 2.43. The van der Waals surface area contributed by atoms with E-state index in [0.717, 1.165) is 0 Å². The van der Waals surface area contributed by atoms with Gasteiger partial charge in [0.25, 0.3) is 0 Å². The maximum atomic E-state index is 14.9. The first-order valence-electron chi connectivity index (χ1n) is 15.9. The molecule has 2 aromatic heterocycles. The number of benzene rings is 2. The molecule has 0 unspecified atom stereocenters. The molecule has 0 saturated carbocycles. The van der Waals surface area contributed by atoms with Gasteiger partial charge in [-0.3, -0.25) is 4.79 Å². The van der Waals surface area contributed by atoms with Crippen molar-refractivity contribution in [2.45, 2.75) is 64.5 Å². The second-order valence-corrected chi connectivity index (χ2v) is 12.9. The number of aryl methyl sites for hydroxylation is 1. The van der Waals surface area contributed by atoms with Crippen LogP contribution < -0.4 is 25.4 Å². The molecule has 2 saturated heterocycles. The SMILES string of the molecule is Cc1ccn(-c2cc(-c3cc(F)cc(OC(C)C)c3)ccc2[C@@H](Oc2cc(N3CCC4(CC3)CN[C@H](C(=O)O)C4)nc(N)n2)C(F)(F)F)n1. The number of anilines is 2. The molecule has 260 valence electrons. The minimum Gasteiger partial charge on any atom is -0.491 e. The Bertz CT molecular complexity index is 1840. The Morgan fingerprint density at radius 2 is 1.82 bits per heavy atom. The number of halogens is 4. The van der Waals surface area contributed by atoms with Crippen molar-refractivity contribution in [2.75, 3.05) is 30.3 Å². The Morgan fingerprint density at radius 1 is 1.06 bits per heavy atom. The van der Waals surface area contributed by atoms with Crippen LogP contribution in [0.25, 0.3) is 16.8 Å². The molecule has 2 aromatic carbocycles. The number of carboxylic acid groups (broad SMARTS) is 1. The summed E-state index contributed by atoms with van der Waals surface area (Å²) in [4.78, 5) is 21.6. The van der Waals surface area contributed by atoms with Crippen LogP contribution in [0, 0.1) is 18.2 Å². The van der Waals surface area contributed by atoms with Gasteiger partial charge >= 0.3 is 12.1 Å². The third-order valence-corrected chi connectivity index (χ3v) is 8.91. The lowest BCUT2D eigenvalue weighted by atomic mass is 9.76. The summed E-state index contributed by atoms with van der Waals surface area (Å²) >= 11 is 0. The molecule has 2 aliphatic heterocycles. The van der Waals surface area contributed by atoms with Crippen molar-refractivity contribution >= 4 is 17.7 Å². The molecular formula is C34H37F4N7O4. The van der Waals surface area contributed by atoms with E-state index in [9.17, 15) is 27.5 Å². The van der Waals surface area contributed by atoms with Gasteiger partial charge in [-0.05, 0) is 80.8 Å². The third kappa shape index (κ3) is 7.56. The van der Waals surface area contributed by atoms with E-state index in [1.165, 1.54) is 47.3 Å². The Morgan fingerprint density at radius 3 is 2.45 bits per heavy atom. The maximum absolute atomic E-state index is 14.9. The fourth-order valence-corrected chi connectivity index (χ4v) is 6.52. The fourth-order valence-electron chi connectivity index (χ4n) is 6.52. The first kappa shape index (κ1) is 34.0. The Labute approximate surface area is 280 Å². The van der Waals surface area contributed by atoms with Gasteiger partial charge in [-0.15, -0.1) is 0 Å². The topological polar surface area (TPSA) is 141 Å². The molecule has 15 heteroatoms. The van der Waals surface area contributed by atoms with E-state index in [1.54, 1.807) is 32.9 Å². The van der Waals surface area contributed by atoms with Gasteiger partial charge in [-0.2, -0.15) is 28.2 Å². The standard InChI is InChI=1S/C34H37F4N7O4/c1-19(2)48-24-13-22(12-23(35)15-24)21-4-5-25(27(14-21)45-9-6-20(3)43-45)30(34(36,37)38)49-29-16-28(41-32(39)42-29)44-10-7-33(8-11-44)17-26(31(46)47)40-18-33/h4-6,9,12-16,19,26,30,40H,7-8,10-11,17-18H2,1-3H3,(H,46,47)(H2,39,41,42)/t26-,30+/m0/s1. The number of hydrogen-bond donors (Lipinski definition) is 3. The van der Waals surface area contributed by atoms with Gasteiger partial charge in [0, 0.05) is 43.5 Å². The molecule has 4 aromatic rings. The Hall–Kier alpha value is -4.92. The van der Waals surface area contributed by atoms with Crippen molar-refractivity contribution < 1.29 is 36.9 Å². The zero-order valence-corrected chi connectivity index (χ0v) is 27.2. The van der Waals surface area contributed by atoms with Gasteiger partial charge in [-0.25, -0.2) is 9.07 Å². The highest BCUT2D eigenvalue weighted by molar-refractivity contribution is 5.74. The van der Waals surface area contributed by atoms with Crippen molar-refractivity contribution in [3.63, 3.8) is 0 Å². The number of nitrogen functional groups attached to an aromatic ring is 1. The molecule has 6 rings (SSSR count). The lowest BCUT2D eigenvalue weighted by Crippen LogP contribution is -2.41. The summed E-state index contributed by atoms with van der Waals surface area (Å²) in [5, 5.41) is 16.8. The van der Waals surface area contributed by atoms with Crippen molar-refractivity contribution in [3.05, 3.63) is 71.8 Å². The van der Waals surface area contributed by atoms with Crippen LogP contribution in [0.15, 0.2) is 54.7 Å². The quantitative estimate of drug-likeness (QED) is 0.184. The molecule has 0 aliphatic carbocycles. The molecule has 2 atom stereocenters. The van der Waals surface area contributed by atoms with Gasteiger partial charge in [-0.1, -0.05) is 12.1 Å². The summed E-state index contributed by atoms with van der Waals surface area (Å²) < 4.78 is 71.9. The average molecular weight is 684 g/mol. The fraction of sp³-hybridized carbons (Fsp3) is 0.412. The smallest absolute Gasteiger partial charge is 0.429 e. The molecule has 1 spiro atoms. The summed E-state index contributed by atoms with van der Waals surface area (Å²) in [5.74, 6) is -1.48. The Kier molecular flexibility index (Phi) is 9.13. The molecule has 49 heavy (non-hydrogen) atoms. The van der Waals surface area contributed by atoms with Crippen molar-refractivity contribution in [2.24, 2.45) is 5.41 Å². The largest absolute Gasteiger partial charge is 0.491 e. The van der Waals surface area contributed by atoms with E-state index < -0.39 is 30.1 Å². The summed E-state index contributed by atoms with van der Waals surface area (Å²) in [6.45, 7) is 6.89. The van der Waals surface area contributed by atoms with Gasteiger partial charge in [0.1, 0.15) is 23.4 Å². The van der Waals surface area contributed by atoms with E-state index in [-0.39, 0.29) is 40.3 Å². The molecule has 0 radical (unpaired) electrons. The Balaban J connectivity index is 1.32. The monoisotopic (exact) mass is 683 g/mol. The van der Waals surface area contributed by atoms with Crippen molar-refractivity contribution in [3.8, 4) is 28.4 Å². The summed E-state index contributed by atoms with van der Waals surface area (Å²) in [5.41, 5.74) is 7.02. The van der Waals surface area contributed by atoms with Crippen molar-refractivity contribution in [1.29, 1.82) is 0 Å². The van der Waals surface area contributed by atoms with E-state index in [1.807, 2.05) is 4.90 Å². The maximum Gasteiger partial charge on any atom is 0.429 e. The minimum absolute atomic E-state index is 0.0666. The molecule has 2 fully saturated rings. The average Bonchev–Trinajstić information content (AvgIpc) is 3.65. The lowest BCUT2D eigenvalue weighted by Gasteiger charge is -2.39. The number of hydrogen-bond acceptors (Lipinski definition) is 9.